The molecule has 1 aliphatic heterocycles. The summed E-state index contributed by atoms with van der Waals surface area (Å²) in [6.07, 6.45) is -0.150. The van der Waals surface area contributed by atoms with Gasteiger partial charge in [-0.1, -0.05) is 0 Å². The molecule has 1 aliphatic rings. The lowest BCUT2D eigenvalue weighted by Gasteiger charge is -2.28. The Balaban J connectivity index is 2.64. The van der Waals surface area contributed by atoms with E-state index in [0.717, 1.165) is 0 Å². The van der Waals surface area contributed by atoms with Crippen LogP contribution in [0.2, 0.25) is 0 Å². The second-order valence-electron chi connectivity index (χ2n) is 3.55. The molecule has 108 valence electrons. The zero-order valence-corrected chi connectivity index (χ0v) is 10.9. The van der Waals surface area contributed by atoms with Crippen LogP contribution in [-0.2, 0) is 31.7 Å². The Labute approximate surface area is 106 Å². The van der Waals surface area contributed by atoms with Gasteiger partial charge in [-0.25, -0.2) is 4.21 Å². The summed E-state index contributed by atoms with van der Waals surface area (Å²) in [6.45, 7) is 1.42. The number of halogens is 3. The molecule has 1 saturated heterocycles. The van der Waals surface area contributed by atoms with Crippen molar-refractivity contribution >= 4 is 22.3 Å². The molecule has 0 aromatic carbocycles. The summed E-state index contributed by atoms with van der Waals surface area (Å²) in [5, 5.41) is 0. The van der Waals surface area contributed by atoms with Crippen LogP contribution in [0.25, 0.3) is 0 Å². The molecule has 0 bridgehead atoms. The number of hydrogen-bond acceptors (Lipinski definition) is 5. The van der Waals surface area contributed by atoms with Gasteiger partial charge in [0.15, 0.2) is 5.79 Å². The Bertz CT molecular complexity index is 344. The summed E-state index contributed by atoms with van der Waals surface area (Å²) in [6, 6.07) is 0. The van der Waals surface area contributed by atoms with Crippen LogP contribution >= 0.6 is 0 Å². The van der Waals surface area contributed by atoms with Crippen LogP contribution in [0.1, 0.15) is 13.3 Å². The lowest BCUT2D eigenvalue weighted by molar-refractivity contribution is -0.146. The molecule has 6 nitrogen and oxygen atoms in total. The third-order valence-corrected chi connectivity index (χ3v) is 4.43. The van der Waals surface area contributed by atoms with Crippen LogP contribution in [-0.4, -0.2) is 47.7 Å². The van der Waals surface area contributed by atoms with E-state index in [1.807, 2.05) is 0 Å². The zero-order valence-electron chi connectivity index (χ0n) is 9.27. The van der Waals surface area contributed by atoms with Crippen LogP contribution in [0.5, 0.6) is 0 Å². The second kappa shape index (κ2) is 5.92. The molecule has 1 fully saturated rings. The molecule has 2 atom stereocenters. The van der Waals surface area contributed by atoms with Gasteiger partial charge in [-0.3, -0.25) is 4.21 Å². The average molecular weight is 310 g/mol. The van der Waals surface area contributed by atoms with E-state index in [0.29, 0.717) is 0 Å². The van der Waals surface area contributed by atoms with E-state index < -0.39 is 40.1 Å². The Morgan fingerprint density at radius 2 is 1.83 bits per heavy atom. The molecule has 0 aromatic heterocycles. The lowest BCUT2D eigenvalue weighted by atomic mass is 10.2. The first-order chi connectivity index (χ1) is 8.16. The minimum atomic E-state index is -5.13. The Hall–Kier alpha value is -0.0700. The molecule has 0 saturated carbocycles. The van der Waals surface area contributed by atoms with Gasteiger partial charge in [0.2, 0.25) is 11.0 Å². The van der Waals surface area contributed by atoms with E-state index in [2.05, 4.69) is 0 Å². The van der Waals surface area contributed by atoms with Crippen molar-refractivity contribution in [2.45, 2.75) is 24.6 Å². The molecule has 0 aliphatic carbocycles. The molecule has 0 N–H and O–H groups in total. The van der Waals surface area contributed by atoms with Gasteiger partial charge in [0, 0.05) is 24.2 Å². The molecule has 0 aromatic rings. The Morgan fingerprint density at radius 3 is 2.22 bits per heavy atom. The van der Waals surface area contributed by atoms with Gasteiger partial charge in [-0.2, -0.15) is 13.2 Å². The number of alkyl halides is 3. The van der Waals surface area contributed by atoms with E-state index in [1.165, 1.54) is 6.92 Å². The maximum absolute atomic E-state index is 12.2. The van der Waals surface area contributed by atoms with Crippen molar-refractivity contribution in [2.24, 2.45) is 0 Å². The largest absolute Gasteiger partial charge is 0.759 e. The van der Waals surface area contributed by atoms with Crippen LogP contribution < -0.4 is 0 Å². The van der Waals surface area contributed by atoms with Crippen molar-refractivity contribution in [1.29, 1.82) is 0 Å². The molecule has 2 unspecified atom stereocenters. The first-order valence-corrected chi connectivity index (χ1v) is 6.93. The highest BCUT2D eigenvalue weighted by Crippen LogP contribution is 2.27. The van der Waals surface area contributed by atoms with E-state index in [1.54, 1.807) is 0 Å². The van der Waals surface area contributed by atoms with Gasteiger partial charge >= 0.3 is 5.51 Å². The van der Waals surface area contributed by atoms with E-state index in [-0.39, 0.29) is 23.3 Å². The van der Waals surface area contributed by atoms with E-state index in [9.17, 15) is 26.1 Å². The second-order valence-corrected chi connectivity index (χ2v) is 6.06. The first-order valence-electron chi connectivity index (χ1n) is 4.79. The van der Waals surface area contributed by atoms with Gasteiger partial charge < -0.3 is 14.0 Å². The van der Waals surface area contributed by atoms with Gasteiger partial charge in [-0.15, -0.1) is 3.71 Å². The summed E-state index contributed by atoms with van der Waals surface area (Å²) in [5.74, 6) is -1.15. The minimum Gasteiger partial charge on any atom is -0.759 e. The van der Waals surface area contributed by atoms with E-state index >= 15 is 0 Å². The molecule has 1 rings (SSSR count). The normalized spacial score (nSPS) is 23.2. The number of rotatable bonds is 5. The molecule has 0 spiro atoms. The van der Waals surface area contributed by atoms with E-state index in [4.69, 9.17) is 9.47 Å². The molecule has 11 heteroatoms. The third kappa shape index (κ3) is 4.24. The highest BCUT2D eigenvalue weighted by Gasteiger charge is 2.43. The SMILES string of the molecule is CC1(CCN(S(=O)[O-])S(=O)C(F)(F)F)OCCO1. The third-order valence-electron chi connectivity index (χ3n) is 2.20. The number of ether oxygens (including phenoxy) is 2. The first kappa shape index (κ1) is 16.0. The van der Waals surface area contributed by atoms with Gasteiger partial charge in [-0.05, 0) is 6.92 Å². The topological polar surface area (TPSA) is 78.9 Å². The van der Waals surface area contributed by atoms with Crippen LogP contribution in [0.15, 0.2) is 0 Å². The predicted molar refractivity (Wildman–Crippen MR) is 54.7 cm³/mol. The highest BCUT2D eigenvalue weighted by molar-refractivity contribution is 7.95. The summed E-state index contributed by atoms with van der Waals surface area (Å²) in [7, 11) is -3.61. The fourth-order valence-corrected chi connectivity index (χ4v) is 2.75. The van der Waals surface area contributed by atoms with Gasteiger partial charge in [0.05, 0.1) is 13.2 Å². The van der Waals surface area contributed by atoms with Crippen molar-refractivity contribution in [3.8, 4) is 0 Å². The smallest absolute Gasteiger partial charge is 0.486 e. The van der Waals surface area contributed by atoms with Gasteiger partial charge in [0.25, 0.3) is 0 Å². The highest BCUT2D eigenvalue weighted by atomic mass is 32.3. The van der Waals surface area contributed by atoms with Crippen LogP contribution in [0.3, 0.4) is 0 Å². The minimum absolute atomic E-state index is 0.150. The summed E-state index contributed by atoms with van der Waals surface area (Å²) >= 11 is -3.25. The molecule has 1 heterocycles. The average Bonchev–Trinajstić information content (AvgIpc) is 2.63. The standard InChI is InChI=1S/C7H12F3NO5S2/c1-6(15-4-5-16-6)2-3-11(18(13)14)17(12)7(8,9)10/h2-5H2,1H3,(H,13,14)/p-1. The maximum Gasteiger partial charge on any atom is 0.486 e. The molecule has 18 heavy (non-hydrogen) atoms. The number of hydrogen-bond donors (Lipinski definition) is 0. The van der Waals surface area contributed by atoms with Crippen LogP contribution in [0.4, 0.5) is 13.2 Å². The molecular weight excluding hydrogens is 299 g/mol. The summed E-state index contributed by atoms with van der Waals surface area (Å²) < 4.78 is 78.8. The Kier molecular flexibility index (Phi) is 5.26. The monoisotopic (exact) mass is 310 g/mol. The van der Waals surface area contributed by atoms with Crippen molar-refractivity contribution in [2.75, 3.05) is 19.8 Å². The predicted octanol–water partition coefficient (Wildman–Crippen LogP) is 0.419. The fourth-order valence-electron chi connectivity index (χ4n) is 1.32. The Morgan fingerprint density at radius 1 is 1.33 bits per heavy atom. The fraction of sp³-hybridized carbons (Fsp3) is 1.00. The maximum atomic E-state index is 12.2. The van der Waals surface area contributed by atoms with Gasteiger partial charge in [0.1, 0.15) is 0 Å². The summed E-state index contributed by atoms with van der Waals surface area (Å²) in [5.41, 5.74) is -5.13. The molecule has 0 radical (unpaired) electrons. The molecule has 0 amide bonds. The van der Waals surface area contributed by atoms with Crippen molar-refractivity contribution in [3.63, 3.8) is 0 Å². The van der Waals surface area contributed by atoms with Crippen molar-refractivity contribution in [1.82, 2.24) is 3.71 Å². The van der Waals surface area contributed by atoms with Crippen molar-refractivity contribution < 1.29 is 35.6 Å². The van der Waals surface area contributed by atoms with Crippen LogP contribution in [0, 0.1) is 0 Å². The molecular formula is C7H11F3NO5S2-. The zero-order chi connectivity index (χ0) is 14.0. The summed E-state index contributed by atoms with van der Waals surface area (Å²) in [4.78, 5) is 0. The number of nitrogens with zero attached hydrogens (tertiary/aromatic N) is 1. The lowest BCUT2D eigenvalue weighted by Crippen LogP contribution is -2.40. The van der Waals surface area contributed by atoms with Crippen molar-refractivity contribution in [3.05, 3.63) is 0 Å². The quantitative estimate of drug-likeness (QED) is 0.688.